The summed E-state index contributed by atoms with van der Waals surface area (Å²) in [5.74, 6) is 4.78. The van der Waals surface area contributed by atoms with Crippen molar-refractivity contribution in [1.29, 1.82) is 0 Å². The van der Waals surface area contributed by atoms with Crippen LogP contribution in [0.4, 0.5) is 4.79 Å². The highest BCUT2D eigenvalue weighted by atomic mass is 16.2. The minimum Gasteiger partial charge on any atom is -0.275 e. The summed E-state index contributed by atoms with van der Waals surface area (Å²) in [6.45, 7) is 0. The Balaban J connectivity index is 1.96. The molecule has 52 valence electrons. The van der Waals surface area contributed by atoms with E-state index in [1.807, 2.05) is 5.43 Å². The fraction of sp³-hybridized carbons (Fsp3) is 0.750. The molecule has 1 rings (SSSR count). The topological polar surface area (TPSA) is 79.2 Å². The lowest BCUT2D eigenvalue weighted by atomic mass is 10.8. The third kappa shape index (κ3) is 2.29. The zero-order valence-corrected chi connectivity index (χ0v) is 4.98. The number of hydrogen-bond donors (Lipinski definition) is 4. The molecule has 2 amide bonds. The van der Waals surface area contributed by atoms with Gasteiger partial charge in [-0.05, 0) is 12.8 Å². The van der Waals surface area contributed by atoms with E-state index in [0.717, 1.165) is 12.8 Å². The van der Waals surface area contributed by atoms with Crippen molar-refractivity contribution in [3.8, 4) is 0 Å². The van der Waals surface area contributed by atoms with Crippen molar-refractivity contribution in [2.75, 3.05) is 0 Å². The zero-order chi connectivity index (χ0) is 6.69. The van der Waals surface area contributed by atoms with Crippen LogP contribution < -0.4 is 22.1 Å². The number of nitrogens with one attached hydrogen (secondary N) is 3. The molecule has 0 aromatic carbocycles. The van der Waals surface area contributed by atoms with Gasteiger partial charge in [-0.3, -0.25) is 10.9 Å². The van der Waals surface area contributed by atoms with Crippen LogP contribution in [-0.2, 0) is 0 Å². The maximum atomic E-state index is 10.3. The molecule has 0 aliphatic heterocycles. The second kappa shape index (κ2) is 2.65. The van der Waals surface area contributed by atoms with E-state index in [2.05, 4.69) is 10.9 Å². The summed E-state index contributed by atoms with van der Waals surface area (Å²) in [6, 6.07) is 0.0594. The van der Waals surface area contributed by atoms with Crippen LogP contribution in [0, 0.1) is 0 Å². The van der Waals surface area contributed by atoms with Crippen LogP contribution in [0.15, 0.2) is 0 Å². The number of hydrazine groups is 2. The van der Waals surface area contributed by atoms with Crippen LogP contribution in [0.3, 0.4) is 0 Å². The molecule has 1 aliphatic carbocycles. The van der Waals surface area contributed by atoms with E-state index in [-0.39, 0.29) is 0 Å². The average Bonchev–Trinajstić information content (AvgIpc) is 2.65. The molecule has 5 heteroatoms. The van der Waals surface area contributed by atoms with Gasteiger partial charge in [0.15, 0.2) is 0 Å². The molecule has 0 aromatic rings. The summed E-state index contributed by atoms with van der Waals surface area (Å²) >= 11 is 0. The highest BCUT2D eigenvalue weighted by molar-refractivity contribution is 5.72. The minimum absolute atomic E-state index is 0.401. The Morgan fingerprint density at radius 2 is 2.22 bits per heavy atom. The van der Waals surface area contributed by atoms with Crippen LogP contribution >= 0.6 is 0 Å². The molecule has 9 heavy (non-hydrogen) atoms. The van der Waals surface area contributed by atoms with Crippen molar-refractivity contribution < 1.29 is 4.79 Å². The maximum absolute atomic E-state index is 10.3. The third-order valence-corrected chi connectivity index (χ3v) is 1.10. The Morgan fingerprint density at radius 3 is 2.67 bits per heavy atom. The van der Waals surface area contributed by atoms with E-state index < -0.39 is 6.03 Å². The molecule has 0 saturated heterocycles. The molecular weight excluding hydrogens is 120 g/mol. The van der Waals surface area contributed by atoms with Gasteiger partial charge in [-0.1, -0.05) is 0 Å². The predicted molar refractivity (Wildman–Crippen MR) is 32.0 cm³/mol. The zero-order valence-electron chi connectivity index (χ0n) is 4.98. The fourth-order valence-corrected chi connectivity index (χ4v) is 0.431. The van der Waals surface area contributed by atoms with Gasteiger partial charge < -0.3 is 0 Å². The molecule has 0 unspecified atom stereocenters. The lowest BCUT2D eigenvalue weighted by molar-refractivity contribution is 0.236. The normalized spacial score (nSPS) is 17.0. The largest absolute Gasteiger partial charge is 0.343 e. The van der Waals surface area contributed by atoms with E-state index in [1.165, 1.54) is 0 Å². The minimum atomic E-state index is -0.401. The summed E-state index contributed by atoms with van der Waals surface area (Å²) < 4.78 is 0. The first-order valence-corrected chi connectivity index (χ1v) is 2.85. The van der Waals surface area contributed by atoms with Crippen molar-refractivity contribution >= 4 is 6.03 Å². The van der Waals surface area contributed by atoms with Crippen LogP contribution in [0.25, 0.3) is 0 Å². The van der Waals surface area contributed by atoms with Crippen molar-refractivity contribution in [3.63, 3.8) is 0 Å². The first-order valence-electron chi connectivity index (χ1n) is 2.85. The summed E-state index contributed by atoms with van der Waals surface area (Å²) in [6.07, 6.45) is 2.26. The van der Waals surface area contributed by atoms with Gasteiger partial charge in [-0.25, -0.2) is 16.1 Å². The Hall–Kier alpha value is -0.810. The molecule has 0 aromatic heterocycles. The van der Waals surface area contributed by atoms with Crippen LogP contribution in [-0.4, -0.2) is 12.1 Å². The summed E-state index contributed by atoms with van der Waals surface area (Å²) in [5, 5.41) is 0. The lowest BCUT2D eigenvalue weighted by Gasteiger charge is -2.02. The quantitative estimate of drug-likeness (QED) is 0.216. The molecule has 1 aliphatic rings. The monoisotopic (exact) mass is 130 g/mol. The number of rotatable bonds is 2. The van der Waals surface area contributed by atoms with Gasteiger partial charge in [-0.2, -0.15) is 0 Å². The summed E-state index contributed by atoms with van der Waals surface area (Å²) in [5.41, 5.74) is 7.07. The molecule has 0 radical (unpaired) electrons. The number of hydrogen-bond acceptors (Lipinski definition) is 3. The van der Waals surface area contributed by atoms with E-state index >= 15 is 0 Å². The van der Waals surface area contributed by atoms with E-state index in [1.54, 1.807) is 0 Å². The highest BCUT2D eigenvalue weighted by Gasteiger charge is 2.20. The van der Waals surface area contributed by atoms with Crippen molar-refractivity contribution in [3.05, 3.63) is 0 Å². The van der Waals surface area contributed by atoms with Crippen molar-refractivity contribution in [2.45, 2.75) is 18.9 Å². The smallest absolute Gasteiger partial charge is 0.275 e. The molecule has 1 saturated carbocycles. The number of amides is 2. The van der Waals surface area contributed by atoms with Crippen LogP contribution in [0.2, 0.25) is 0 Å². The van der Waals surface area contributed by atoms with Crippen molar-refractivity contribution in [1.82, 2.24) is 16.3 Å². The number of urea groups is 1. The van der Waals surface area contributed by atoms with Gasteiger partial charge in [0, 0.05) is 6.04 Å². The average molecular weight is 130 g/mol. The molecule has 5 nitrogen and oxygen atoms in total. The first kappa shape index (κ1) is 6.31. The van der Waals surface area contributed by atoms with Gasteiger partial charge in [0.25, 0.3) is 0 Å². The first-order chi connectivity index (χ1) is 4.33. The number of carbonyl (C=O) groups is 1. The number of carbonyl (C=O) groups excluding carboxylic acids is 1. The van der Waals surface area contributed by atoms with Crippen LogP contribution in [0.5, 0.6) is 0 Å². The Morgan fingerprint density at radius 1 is 1.56 bits per heavy atom. The maximum Gasteiger partial charge on any atom is 0.343 e. The van der Waals surface area contributed by atoms with E-state index in [0.29, 0.717) is 6.04 Å². The lowest BCUT2D eigenvalue weighted by Crippen LogP contribution is -2.47. The van der Waals surface area contributed by atoms with Crippen molar-refractivity contribution in [2.24, 2.45) is 5.84 Å². The van der Waals surface area contributed by atoms with Crippen LogP contribution in [0.1, 0.15) is 12.8 Å². The second-order valence-electron chi connectivity index (χ2n) is 2.02. The third-order valence-electron chi connectivity index (χ3n) is 1.10. The standard InChI is InChI=1S/C4H10N4O/c5-6-4(9)8-7-3-1-2-3/h3,7H,1-2,5H2,(H2,6,8,9). The molecule has 1 fully saturated rings. The molecule has 5 N–H and O–H groups in total. The summed E-state index contributed by atoms with van der Waals surface area (Å²) in [4.78, 5) is 10.3. The molecule has 0 bridgehead atoms. The summed E-state index contributed by atoms with van der Waals surface area (Å²) in [7, 11) is 0. The Labute approximate surface area is 52.9 Å². The highest BCUT2D eigenvalue weighted by Crippen LogP contribution is 2.17. The van der Waals surface area contributed by atoms with E-state index in [9.17, 15) is 4.79 Å². The molecule has 0 heterocycles. The second-order valence-corrected chi connectivity index (χ2v) is 2.02. The Kier molecular flexibility index (Phi) is 1.86. The van der Waals surface area contributed by atoms with Gasteiger partial charge in [0.2, 0.25) is 0 Å². The van der Waals surface area contributed by atoms with Gasteiger partial charge >= 0.3 is 6.03 Å². The SMILES string of the molecule is NNC(=O)NNC1CC1. The van der Waals surface area contributed by atoms with Gasteiger partial charge in [0.05, 0.1) is 0 Å². The molecule has 0 spiro atoms. The molecular formula is C4H10N4O. The number of nitrogens with two attached hydrogens (primary N) is 1. The Bertz CT molecular complexity index is 111. The van der Waals surface area contributed by atoms with E-state index in [4.69, 9.17) is 5.84 Å². The fourth-order valence-electron chi connectivity index (χ4n) is 0.431. The van der Waals surface area contributed by atoms with Gasteiger partial charge in [0.1, 0.15) is 0 Å². The molecule has 0 atom stereocenters. The predicted octanol–water partition coefficient (Wildman–Crippen LogP) is -1.17. The van der Waals surface area contributed by atoms with Gasteiger partial charge in [-0.15, -0.1) is 0 Å².